The third-order valence-electron chi connectivity index (χ3n) is 5.28. The number of hydrogen-bond acceptors (Lipinski definition) is 4. The lowest BCUT2D eigenvalue weighted by atomic mass is 9.98. The number of methoxy groups -OCH3 is 1. The molecule has 2 atom stereocenters. The molecule has 1 aromatic carbocycles. The van der Waals surface area contributed by atoms with E-state index in [0.29, 0.717) is 18.8 Å². The lowest BCUT2D eigenvalue weighted by Crippen LogP contribution is -2.50. The van der Waals surface area contributed by atoms with Gasteiger partial charge in [0.25, 0.3) is 0 Å². The Morgan fingerprint density at radius 3 is 2.88 bits per heavy atom. The maximum atomic E-state index is 13.0. The van der Waals surface area contributed by atoms with E-state index in [2.05, 4.69) is 0 Å². The number of ether oxygens (including phenoxy) is 1. The van der Waals surface area contributed by atoms with E-state index in [9.17, 15) is 9.59 Å². The van der Waals surface area contributed by atoms with Gasteiger partial charge in [-0.25, -0.2) is 0 Å². The van der Waals surface area contributed by atoms with Crippen LogP contribution in [0.2, 0.25) is 0 Å². The summed E-state index contributed by atoms with van der Waals surface area (Å²) in [7, 11) is 1.59. The molecular weight excluding hydrogens is 318 g/mol. The van der Waals surface area contributed by atoms with E-state index in [0.717, 1.165) is 37.1 Å². The molecule has 2 aliphatic heterocycles. The fourth-order valence-corrected chi connectivity index (χ4v) is 3.89. The fraction of sp³-hybridized carbons (Fsp3) is 0.579. The van der Waals surface area contributed by atoms with Gasteiger partial charge in [0.1, 0.15) is 5.75 Å². The monoisotopic (exact) mass is 345 g/mol. The van der Waals surface area contributed by atoms with Gasteiger partial charge in [-0.1, -0.05) is 6.07 Å². The number of carbonyl (C=O) groups is 2. The van der Waals surface area contributed by atoms with Gasteiger partial charge < -0.3 is 20.3 Å². The summed E-state index contributed by atoms with van der Waals surface area (Å²) in [6, 6.07) is 5.86. The molecule has 2 saturated heterocycles. The quantitative estimate of drug-likeness (QED) is 0.901. The Morgan fingerprint density at radius 2 is 2.16 bits per heavy atom. The first-order valence-corrected chi connectivity index (χ1v) is 9.00. The molecule has 2 amide bonds. The number of piperidine rings is 1. The van der Waals surface area contributed by atoms with Crippen molar-refractivity contribution in [2.45, 2.75) is 38.6 Å². The molecule has 1 aromatic rings. The van der Waals surface area contributed by atoms with Gasteiger partial charge in [0.05, 0.1) is 18.7 Å². The van der Waals surface area contributed by atoms with Crippen molar-refractivity contribution < 1.29 is 14.3 Å². The van der Waals surface area contributed by atoms with Crippen molar-refractivity contribution in [3.05, 3.63) is 23.8 Å². The molecule has 2 fully saturated rings. The Bertz CT molecular complexity index is 661. The molecule has 2 aliphatic rings. The van der Waals surface area contributed by atoms with E-state index in [-0.39, 0.29) is 30.2 Å². The summed E-state index contributed by atoms with van der Waals surface area (Å²) in [5, 5.41) is 0. The number of likely N-dealkylation sites (tertiary alicyclic amines) is 1. The molecule has 0 radical (unpaired) electrons. The van der Waals surface area contributed by atoms with E-state index in [1.807, 2.05) is 30.0 Å². The highest BCUT2D eigenvalue weighted by molar-refractivity contribution is 6.01. The van der Waals surface area contributed by atoms with Gasteiger partial charge in [0.15, 0.2) is 0 Å². The van der Waals surface area contributed by atoms with Crippen LogP contribution in [-0.4, -0.2) is 49.5 Å². The zero-order valence-electron chi connectivity index (χ0n) is 15.0. The first kappa shape index (κ1) is 17.7. The Labute approximate surface area is 148 Å². The zero-order valence-corrected chi connectivity index (χ0v) is 15.0. The standard InChI is InChI=1S/C19H27N3O3/c1-13-6-7-17(25-2)16(9-13)22-12-14(10-18(22)23)19(24)21-8-4-3-5-15(21)11-20/h6-7,9,14-15H,3-5,8,10-12,20H2,1-2H3. The molecule has 0 saturated carbocycles. The third-order valence-corrected chi connectivity index (χ3v) is 5.28. The second-order valence-corrected chi connectivity index (χ2v) is 7.00. The summed E-state index contributed by atoms with van der Waals surface area (Å²) >= 11 is 0. The minimum absolute atomic E-state index is 0.0245. The lowest BCUT2D eigenvalue weighted by Gasteiger charge is -2.36. The Hall–Kier alpha value is -2.08. The average Bonchev–Trinajstić information content (AvgIpc) is 3.02. The van der Waals surface area contributed by atoms with Crippen LogP contribution in [0.25, 0.3) is 0 Å². The van der Waals surface area contributed by atoms with Gasteiger partial charge in [-0.3, -0.25) is 9.59 Å². The zero-order chi connectivity index (χ0) is 18.0. The number of carbonyl (C=O) groups excluding carboxylic acids is 2. The summed E-state index contributed by atoms with van der Waals surface area (Å²) in [5.41, 5.74) is 7.64. The molecule has 2 heterocycles. The summed E-state index contributed by atoms with van der Waals surface area (Å²) in [5.74, 6) is 0.399. The number of nitrogens with two attached hydrogens (primary N) is 1. The molecule has 6 nitrogen and oxygen atoms in total. The summed E-state index contributed by atoms with van der Waals surface area (Å²) < 4.78 is 5.40. The molecule has 3 rings (SSSR count). The lowest BCUT2D eigenvalue weighted by molar-refractivity contribution is -0.139. The van der Waals surface area contributed by atoms with E-state index >= 15 is 0 Å². The fourth-order valence-electron chi connectivity index (χ4n) is 3.89. The van der Waals surface area contributed by atoms with Crippen molar-refractivity contribution in [2.75, 3.05) is 31.6 Å². The molecule has 136 valence electrons. The number of hydrogen-bond donors (Lipinski definition) is 1. The summed E-state index contributed by atoms with van der Waals surface area (Å²) in [6.45, 7) is 3.62. The molecule has 6 heteroatoms. The first-order chi connectivity index (χ1) is 12.0. The van der Waals surface area contributed by atoms with E-state index in [1.54, 1.807) is 12.0 Å². The normalized spacial score (nSPS) is 23.9. The van der Waals surface area contributed by atoms with Crippen molar-refractivity contribution in [3.8, 4) is 5.75 Å². The molecule has 2 unspecified atom stereocenters. The Morgan fingerprint density at radius 1 is 1.36 bits per heavy atom. The average molecular weight is 345 g/mol. The van der Waals surface area contributed by atoms with Crippen LogP contribution < -0.4 is 15.4 Å². The number of aryl methyl sites for hydroxylation is 1. The van der Waals surface area contributed by atoms with Crippen molar-refractivity contribution in [1.82, 2.24) is 4.90 Å². The SMILES string of the molecule is COc1ccc(C)cc1N1CC(C(=O)N2CCCCC2CN)CC1=O. The Kier molecular flexibility index (Phi) is 5.27. The van der Waals surface area contributed by atoms with Crippen molar-refractivity contribution in [2.24, 2.45) is 11.7 Å². The predicted octanol–water partition coefficient (Wildman–Crippen LogP) is 1.70. The second kappa shape index (κ2) is 7.44. The van der Waals surface area contributed by atoms with Gasteiger partial charge >= 0.3 is 0 Å². The highest BCUT2D eigenvalue weighted by Gasteiger charge is 2.40. The smallest absolute Gasteiger partial charge is 0.228 e. The van der Waals surface area contributed by atoms with Gasteiger partial charge in [-0.2, -0.15) is 0 Å². The maximum absolute atomic E-state index is 13.0. The van der Waals surface area contributed by atoms with Crippen LogP contribution in [-0.2, 0) is 9.59 Å². The van der Waals surface area contributed by atoms with E-state index in [1.165, 1.54) is 0 Å². The molecule has 0 aromatic heterocycles. The van der Waals surface area contributed by atoms with Crippen LogP contribution in [0.15, 0.2) is 18.2 Å². The van der Waals surface area contributed by atoms with Crippen LogP contribution in [0, 0.1) is 12.8 Å². The van der Waals surface area contributed by atoms with Gasteiger partial charge in [-0.15, -0.1) is 0 Å². The van der Waals surface area contributed by atoms with Crippen LogP contribution in [0.3, 0.4) is 0 Å². The largest absolute Gasteiger partial charge is 0.495 e. The molecule has 0 spiro atoms. The number of amides is 2. The second-order valence-electron chi connectivity index (χ2n) is 7.00. The topological polar surface area (TPSA) is 75.9 Å². The maximum Gasteiger partial charge on any atom is 0.228 e. The van der Waals surface area contributed by atoms with Crippen molar-refractivity contribution in [3.63, 3.8) is 0 Å². The summed E-state index contributed by atoms with van der Waals surface area (Å²) in [4.78, 5) is 29.1. The van der Waals surface area contributed by atoms with Gasteiger partial charge in [0, 0.05) is 32.1 Å². The summed E-state index contributed by atoms with van der Waals surface area (Å²) in [6.07, 6.45) is 3.34. The Balaban J connectivity index is 1.78. The van der Waals surface area contributed by atoms with Crippen LogP contribution in [0.4, 0.5) is 5.69 Å². The number of rotatable bonds is 4. The van der Waals surface area contributed by atoms with Crippen LogP contribution >= 0.6 is 0 Å². The number of benzene rings is 1. The van der Waals surface area contributed by atoms with E-state index < -0.39 is 0 Å². The predicted molar refractivity (Wildman–Crippen MR) is 96.6 cm³/mol. The number of anilines is 1. The molecule has 25 heavy (non-hydrogen) atoms. The van der Waals surface area contributed by atoms with Crippen LogP contribution in [0.1, 0.15) is 31.2 Å². The number of nitrogens with zero attached hydrogens (tertiary/aromatic N) is 2. The highest BCUT2D eigenvalue weighted by Crippen LogP contribution is 2.35. The minimum atomic E-state index is -0.301. The van der Waals surface area contributed by atoms with Crippen molar-refractivity contribution >= 4 is 17.5 Å². The third kappa shape index (κ3) is 3.49. The van der Waals surface area contributed by atoms with Crippen LogP contribution in [0.5, 0.6) is 5.75 Å². The molecule has 2 N–H and O–H groups in total. The molecule has 0 bridgehead atoms. The van der Waals surface area contributed by atoms with E-state index in [4.69, 9.17) is 10.5 Å². The molecular formula is C19H27N3O3. The van der Waals surface area contributed by atoms with Gasteiger partial charge in [-0.05, 0) is 43.9 Å². The molecule has 0 aliphatic carbocycles. The van der Waals surface area contributed by atoms with Crippen molar-refractivity contribution in [1.29, 1.82) is 0 Å². The minimum Gasteiger partial charge on any atom is -0.495 e. The first-order valence-electron chi connectivity index (χ1n) is 9.00. The highest BCUT2D eigenvalue weighted by atomic mass is 16.5. The van der Waals surface area contributed by atoms with Gasteiger partial charge in [0.2, 0.25) is 11.8 Å².